The van der Waals surface area contributed by atoms with Crippen LogP contribution in [-0.4, -0.2) is 16.1 Å². The Labute approximate surface area is 111 Å². The molecule has 0 radical (unpaired) electrons. The second-order valence-electron chi connectivity index (χ2n) is 4.56. The van der Waals surface area contributed by atoms with E-state index in [9.17, 15) is 4.39 Å². The van der Waals surface area contributed by atoms with E-state index in [0.717, 1.165) is 5.69 Å². The van der Waals surface area contributed by atoms with Crippen molar-refractivity contribution in [2.75, 3.05) is 5.73 Å². The van der Waals surface area contributed by atoms with Gasteiger partial charge in [0, 0.05) is 11.3 Å². The highest BCUT2D eigenvalue weighted by Gasteiger charge is 2.09. The monoisotopic (exact) mass is 261 g/mol. The van der Waals surface area contributed by atoms with E-state index in [4.69, 9.17) is 10.5 Å². The molecule has 0 aliphatic rings. The third kappa shape index (κ3) is 3.19. The van der Waals surface area contributed by atoms with Gasteiger partial charge in [0.15, 0.2) is 11.6 Å². The Morgan fingerprint density at radius 2 is 1.95 bits per heavy atom. The van der Waals surface area contributed by atoms with E-state index in [2.05, 4.69) is 9.97 Å². The number of aromatic nitrogens is 2. The van der Waals surface area contributed by atoms with Gasteiger partial charge in [0.1, 0.15) is 0 Å². The zero-order chi connectivity index (χ0) is 14.0. The quantitative estimate of drug-likeness (QED) is 0.922. The van der Waals surface area contributed by atoms with E-state index in [-0.39, 0.29) is 17.8 Å². The number of rotatable bonds is 3. The summed E-state index contributed by atoms with van der Waals surface area (Å²) < 4.78 is 19.2. The fourth-order valence-corrected chi connectivity index (χ4v) is 1.75. The normalized spacial score (nSPS) is 10.8. The molecule has 2 N–H and O–H groups in total. The molecule has 0 aliphatic carbocycles. The minimum Gasteiger partial charge on any atom is -0.488 e. The predicted octanol–water partition coefficient (Wildman–Crippen LogP) is 2.96. The van der Waals surface area contributed by atoms with E-state index in [1.807, 2.05) is 20.8 Å². The van der Waals surface area contributed by atoms with E-state index < -0.39 is 5.82 Å². The number of anilines is 1. The van der Waals surface area contributed by atoms with E-state index in [1.165, 1.54) is 6.07 Å². The Morgan fingerprint density at radius 3 is 2.53 bits per heavy atom. The molecule has 2 aromatic rings. The number of aryl methyl sites for hydroxylation is 1. The third-order valence-electron chi connectivity index (χ3n) is 2.46. The Balaban J connectivity index is 2.38. The largest absolute Gasteiger partial charge is 0.488 e. The summed E-state index contributed by atoms with van der Waals surface area (Å²) in [6, 6.07) is 6.49. The van der Waals surface area contributed by atoms with Gasteiger partial charge in [-0.15, -0.1) is 0 Å². The number of nitrogens with zero attached hydrogens (tertiary/aromatic N) is 2. The molecule has 1 aromatic heterocycles. The van der Waals surface area contributed by atoms with Crippen molar-refractivity contribution in [1.29, 1.82) is 0 Å². The second kappa shape index (κ2) is 5.22. The van der Waals surface area contributed by atoms with Crippen LogP contribution >= 0.6 is 0 Å². The Bertz CT molecular complexity index is 579. The molecular weight excluding hydrogens is 245 g/mol. The Morgan fingerprint density at radius 1 is 1.21 bits per heavy atom. The number of nitrogen functional groups attached to an aromatic ring is 1. The summed E-state index contributed by atoms with van der Waals surface area (Å²) in [6.07, 6.45) is -0.0720. The summed E-state index contributed by atoms with van der Waals surface area (Å²) in [5, 5.41) is 0. The molecule has 0 atom stereocenters. The first-order valence-electron chi connectivity index (χ1n) is 6.03. The lowest BCUT2D eigenvalue weighted by Gasteiger charge is -2.11. The molecule has 0 saturated carbocycles. The first-order chi connectivity index (χ1) is 8.95. The number of hydrogen-bond acceptors (Lipinski definition) is 4. The molecule has 0 amide bonds. The molecule has 100 valence electrons. The average Bonchev–Trinajstić information content (AvgIpc) is 2.30. The molecule has 19 heavy (non-hydrogen) atoms. The maximum absolute atomic E-state index is 13.9. The van der Waals surface area contributed by atoms with Crippen LogP contribution in [0, 0.1) is 12.7 Å². The van der Waals surface area contributed by atoms with Crippen LogP contribution in [0.5, 0.6) is 5.75 Å². The van der Waals surface area contributed by atoms with Gasteiger partial charge in [-0.2, -0.15) is 0 Å². The fraction of sp³-hybridized carbons (Fsp3) is 0.286. The van der Waals surface area contributed by atoms with Gasteiger partial charge in [0.25, 0.3) is 0 Å². The van der Waals surface area contributed by atoms with Gasteiger partial charge in [-0.25, -0.2) is 14.4 Å². The average molecular weight is 261 g/mol. The highest BCUT2D eigenvalue weighted by atomic mass is 19.1. The molecule has 1 aromatic carbocycles. The highest BCUT2D eigenvalue weighted by molar-refractivity contribution is 5.61. The zero-order valence-corrected chi connectivity index (χ0v) is 11.1. The molecular formula is C14H16FN3O. The summed E-state index contributed by atoms with van der Waals surface area (Å²) in [4.78, 5) is 8.08. The van der Waals surface area contributed by atoms with Crippen LogP contribution in [0.2, 0.25) is 0 Å². The summed E-state index contributed by atoms with van der Waals surface area (Å²) in [6.45, 7) is 5.51. The van der Waals surface area contributed by atoms with Gasteiger partial charge in [-0.05, 0) is 45.0 Å². The van der Waals surface area contributed by atoms with Crippen LogP contribution in [0.3, 0.4) is 0 Å². The molecule has 4 nitrogen and oxygen atoms in total. The number of ether oxygens (including phenoxy) is 1. The van der Waals surface area contributed by atoms with Crippen molar-refractivity contribution in [3.63, 3.8) is 0 Å². The van der Waals surface area contributed by atoms with Crippen LogP contribution in [0.1, 0.15) is 19.5 Å². The van der Waals surface area contributed by atoms with Crippen molar-refractivity contribution in [3.8, 4) is 17.0 Å². The number of benzene rings is 1. The molecule has 0 saturated heterocycles. The summed E-state index contributed by atoms with van der Waals surface area (Å²) in [5.41, 5.74) is 7.57. The molecule has 0 fully saturated rings. The van der Waals surface area contributed by atoms with Gasteiger partial charge < -0.3 is 10.5 Å². The predicted molar refractivity (Wildman–Crippen MR) is 72.3 cm³/mol. The van der Waals surface area contributed by atoms with Gasteiger partial charge in [-0.3, -0.25) is 0 Å². The fourth-order valence-electron chi connectivity index (χ4n) is 1.75. The minimum atomic E-state index is -0.416. The van der Waals surface area contributed by atoms with Crippen molar-refractivity contribution in [3.05, 3.63) is 35.8 Å². The van der Waals surface area contributed by atoms with Crippen LogP contribution in [-0.2, 0) is 0 Å². The molecule has 2 rings (SSSR count). The van der Waals surface area contributed by atoms with Gasteiger partial charge in [0.2, 0.25) is 5.95 Å². The number of hydrogen-bond donors (Lipinski definition) is 1. The lowest BCUT2D eigenvalue weighted by Crippen LogP contribution is -2.07. The van der Waals surface area contributed by atoms with Crippen molar-refractivity contribution in [2.24, 2.45) is 0 Å². The minimum absolute atomic E-state index is 0.0720. The summed E-state index contributed by atoms with van der Waals surface area (Å²) in [7, 11) is 0. The molecule has 0 spiro atoms. The lowest BCUT2D eigenvalue weighted by molar-refractivity contribution is 0.231. The second-order valence-corrected chi connectivity index (χ2v) is 4.56. The zero-order valence-electron chi connectivity index (χ0n) is 11.1. The van der Waals surface area contributed by atoms with Crippen LogP contribution in [0.25, 0.3) is 11.3 Å². The summed E-state index contributed by atoms with van der Waals surface area (Å²) >= 11 is 0. The summed E-state index contributed by atoms with van der Waals surface area (Å²) in [5.74, 6) is -0.00329. The molecule has 1 heterocycles. The standard InChI is InChI=1S/C14H16FN3O/c1-8(2)19-13-5-4-10(7-11(13)15)12-6-9(3)17-14(16)18-12/h4-8H,1-3H3,(H2,16,17,18). The lowest BCUT2D eigenvalue weighted by atomic mass is 10.1. The van der Waals surface area contributed by atoms with Crippen molar-refractivity contribution >= 4 is 5.95 Å². The smallest absolute Gasteiger partial charge is 0.220 e. The molecule has 0 unspecified atom stereocenters. The third-order valence-corrected chi connectivity index (χ3v) is 2.46. The highest BCUT2D eigenvalue weighted by Crippen LogP contribution is 2.25. The Kier molecular flexibility index (Phi) is 3.64. The molecule has 5 heteroatoms. The van der Waals surface area contributed by atoms with Crippen LogP contribution in [0.4, 0.5) is 10.3 Å². The first kappa shape index (κ1) is 13.3. The van der Waals surface area contributed by atoms with E-state index in [1.54, 1.807) is 18.2 Å². The number of nitrogens with two attached hydrogens (primary N) is 1. The number of halogens is 1. The van der Waals surface area contributed by atoms with Gasteiger partial charge in [-0.1, -0.05) is 0 Å². The van der Waals surface area contributed by atoms with Crippen molar-refractivity contribution in [2.45, 2.75) is 26.9 Å². The van der Waals surface area contributed by atoms with Crippen molar-refractivity contribution in [1.82, 2.24) is 9.97 Å². The Hall–Kier alpha value is -2.17. The van der Waals surface area contributed by atoms with Crippen molar-refractivity contribution < 1.29 is 9.13 Å². The maximum atomic E-state index is 13.9. The maximum Gasteiger partial charge on any atom is 0.220 e. The van der Waals surface area contributed by atoms with Crippen LogP contribution < -0.4 is 10.5 Å². The van der Waals surface area contributed by atoms with Crippen LogP contribution in [0.15, 0.2) is 24.3 Å². The van der Waals surface area contributed by atoms with E-state index in [0.29, 0.717) is 11.3 Å². The van der Waals surface area contributed by atoms with E-state index >= 15 is 0 Å². The first-order valence-corrected chi connectivity index (χ1v) is 6.03. The van der Waals surface area contributed by atoms with Gasteiger partial charge in [0.05, 0.1) is 11.8 Å². The molecule has 0 aliphatic heterocycles. The SMILES string of the molecule is Cc1cc(-c2ccc(OC(C)C)c(F)c2)nc(N)n1. The topological polar surface area (TPSA) is 61.0 Å². The van der Waals surface area contributed by atoms with Gasteiger partial charge >= 0.3 is 0 Å². The molecule has 0 bridgehead atoms.